The van der Waals surface area contributed by atoms with Crippen molar-refractivity contribution < 1.29 is 24.2 Å². The van der Waals surface area contributed by atoms with Crippen LogP contribution in [0.2, 0.25) is 0 Å². The van der Waals surface area contributed by atoms with E-state index in [9.17, 15) is 14.7 Å². The smallest absolute Gasteiger partial charge is 0.306 e. The number of carbonyl (C=O) groups is 2. The highest BCUT2D eigenvalue weighted by Crippen LogP contribution is 2.12. The van der Waals surface area contributed by atoms with Crippen LogP contribution in [0.4, 0.5) is 0 Å². The molecule has 0 amide bonds. The van der Waals surface area contributed by atoms with Crippen molar-refractivity contribution >= 4 is 11.9 Å². The molecule has 226 valence electrons. The molecular formula is C34H60O5. The largest absolute Gasteiger partial charge is 0.462 e. The summed E-state index contributed by atoms with van der Waals surface area (Å²) in [7, 11) is 0. The molecule has 0 bridgehead atoms. The summed E-state index contributed by atoms with van der Waals surface area (Å²) in [4.78, 5) is 24.0. The molecule has 0 aliphatic rings. The SMILES string of the molecule is CC/C=C\C/C=C\C/C=C\CCCCCCCC(=O)O[C@@H](CO)COC(=O)CCCCCCCCCCCC. The van der Waals surface area contributed by atoms with Crippen molar-refractivity contribution in [2.45, 2.75) is 155 Å². The van der Waals surface area contributed by atoms with E-state index in [-0.39, 0.29) is 25.2 Å². The molecule has 5 nitrogen and oxygen atoms in total. The van der Waals surface area contributed by atoms with Crippen molar-refractivity contribution in [1.82, 2.24) is 0 Å². The molecule has 5 heteroatoms. The standard InChI is InChI=1S/C34H60O5/c1-3-5-7-9-11-13-15-16-17-18-19-21-23-25-27-29-34(37)39-32(30-35)31-38-33(36)28-26-24-22-20-14-12-10-8-6-4-2/h5,7,11,13,16-17,32,35H,3-4,6,8-10,12,14-15,18-31H2,1-2H3/b7-5-,13-11-,17-16-/t32-/m0/s1. The van der Waals surface area contributed by atoms with E-state index in [0.29, 0.717) is 12.8 Å². The lowest BCUT2D eigenvalue weighted by Crippen LogP contribution is -2.28. The van der Waals surface area contributed by atoms with Crippen molar-refractivity contribution in [2.75, 3.05) is 13.2 Å². The summed E-state index contributed by atoms with van der Waals surface area (Å²) in [5.41, 5.74) is 0. The number of aliphatic hydroxyl groups is 1. The van der Waals surface area contributed by atoms with Crippen molar-refractivity contribution in [3.63, 3.8) is 0 Å². The van der Waals surface area contributed by atoms with E-state index < -0.39 is 6.10 Å². The van der Waals surface area contributed by atoms with Crippen LogP contribution >= 0.6 is 0 Å². The van der Waals surface area contributed by atoms with E-state index in [4.69, 9.17) is 9.47 Å². The molecule has 0 saturated carbocycles. The Labute approximate surface area is 240 Å². The lowest BCUT2D eigenvalue weighted by molar-refractivity contribution is -0.161. The van der Waals surface area contributed by atoms with Gasteiger partial charge in [-0.2, -0.15) is 0 Å². The van der Waals surface area contributed by atoms with E-state index >= 15 is 0 Å². The van der Waals surface area contributed by atoms with E-state index in [2.05, 4.69) is 50.3 Å². The second kappa shape index (κ2) is 30.7. The number of ether oxygens (including phenoxy) is 2. The Morgan fingerprint density at radius 1 is 0.615 bits per heavy atom. The van der Waals surface area contributed by atoms with Crippen LogP contribution in [0.3, 0.4) is 0 Å². The van der Waals surface area contributed by atoms with Gasteiger partial charge in [-0.1, -0.05) is 127 Å². The van der Waals surface area contributed by atoms with Crippen LogP contribution in [-0.2, 0) is 19.1 Å². The van der Waals surface area contributed by atoms with E-state index in [0.717, 1.165) is 70.6 Å². The van der Waals surface area contributed by atoms with Crippen LogP contribution in [0.1, 0.15) is 149 Å². The van der Waals surface area contributed by atoms with Crippen LogP contribution in [0, 0.1) is 0 Å². The van der Waals surface area contributed by atoms with Crippen LogP contribution in [0.5, 0.6) is 0 Å². The first-order chi connectivity index (χ1) is 19.1. The maximum Gasteiger partial charge on any atom is 0.306 e. The molecule has 0 fully saturated rings. The first-order valence-electron chi connectivity index (χ1n) is 16.0. The Hall–Kier alpha value is -1.88. The number of carbonyl (C=O) groups excluding carboxylic acids is 2. The maximum atomic E-state index is 12.1. The predicted octanol–water partition coefficient (Wildman–Crippen LogP) is 9.33. The second-order valence-corrected chi connectivity index (χ2v) is 10.5. The molecule has 0 saturated heterocycles. The molecule has 0 aliphatic heterocycles. The monoisotopic (exact) mass is 548 g/mol. The number of esters is 2. The Morgan fingerprint density at radius 2 is 1.10 bits per heavy atom. The van der Waals surface area contributed by atoms with Crippen molar-refractivity contribution in [1.29, 1.82) is 0 Å². The van der Waals surface area contributed by atoms with Crippen LogP contribution in [0.15, 0.2) is 36.5 Å². The summed E-state index contributed by atoms with van der Waals surface area (Å²) >= 11 is 0. The molecule has 0 aliphatic carbocycles. The fourth-order valence-electron chi connectivity index (χ4n) is 4.27. The predicted molar refractivity (Wildman–Crippen MR) is 164 cm³/mol. The lowest BCUT2D eigenvalue weighted by Gasteiger charge is -2.15. The molecule has 0 aromatic heterocycles. The topological polar surface area (TPSA) is 72.8 Å². The zero-order chi connectivity index (χ0) is 28.7. The van der Waals surface area contributed by atoms with Gasteiger partial charge in [0.2, 0.25) is 0 Å². The molecular weight excluding hydrogens is 488 g/mol. The highest BCUT2D eigenvalue weighted by atomic mass is 16.6. The number of hydrogen-bond acceptors (Lipinski definition) is 5. The summed E-state index contributed by atoms with van der Waals surface area (Å²) < 4.78 is 10.5. The van der Waals surface area contributed by atoms with E-state index in [1.165, 1.54) is 51.4 Å². The summed E-state index contributed by atoms with van der Waals surface area (Å²) in [5.74, 6) is -0.615. The fraction of sp³-hybridized carbons (Fsp3) is 0.765. The number of allylic oxidation sites excluding steroid dienone is 6. The van der Waals surface area contributed by atoms with Gasteiger partial charge in [0.1, 0.15) is 6.61 Å². The third-order valence-electron chi connectivity index (χ3n) is 6.70. The third-order valence-corrected chi connectivity index (χ3v) is 6.70. The van der Waals surface area contributed by atoms with Gasteiger partial charge >= 0.3 is 11.9 Å². The average Bonchev–Trinajstić information content (AvgIpc) is 2.94. The normalized spacial score (nSPS) is 12.6. The Kier molecular flexibility index (Phi) is 29.2. The lowest BCUT2D eigenvalue weighted by atomic mass is 10.1. The zero-order valence-electron chi connectivity index (χ0n) is 25.4. The zero-order valence-corrected chi connectivity index (χ0v) is 25.4. The minimum Gasteiger partial charge on any atom is -0.462 e. The molecule has 39 heavy (non-hydrogen) atoms. The molecule has 0 aromatic carbocycles. The molecule has 0 spiro atoms. The minimum absolute atomic E-state index is 0.0714. The van der Waals surface area contributed by atoms with Gasteiger partial charge in [-0.25, -0.2) is 0 Å². The van der Waals surface area contributed by atoms with Gasteiger partial charge in [0.25, 0.3) is 0 Å². The summed E-state index contributed by atoms with van der Waals surface area (Å²) in [5, 5.41) is 9.48. The Bertz CT molecular complexity index is 637. The Morgan fingerprint density at radius 3 is 1.67 bits per heavy atom. The van der Waals surface area contributed by atoms with Gasteiger partial charge in [-0.15, -0.1) is 0 Å². The first-order valence-corrected chi connectivity index (χ1v) is 16.0. The minimum atomic E-state index is -0.774. The summed E-state index contributed by atoms with van der Waals surface area (Å²) in [6, 6.07) is 0. The number of unbranched alkanes of at least 4 members (excludes halogenated alkanes) is 14. The molecule has 0 unspecified atom stereocenters. The van der Waals surface area contributed by atoms with Gasteiger partial charge in [0.15, 0.2) is 6.10 Å². The summed E-state index contributed by atoms with van der Waals surface area (Å²) in [6.45, 7) is 3.97. The highest BCUT2D eigenvalue weighted by molar-refractivity contribution is 5.70. The maximum absolute atomic E-state index is 12.1. The third kappa shape index (κ3) is 28.9. The fourth-order valence-corrected chi connectivity index (χ4v) is 4.27. The molecule has 0 heterocycles. The number of aliphatic hydroxyl groups excluding tert-OH is 1. The quantitative estimate of drug-likeness (QED) is 0.0599. The first kappa shape index (κ1) is 37.1. The van der Waals surface area contributed by atoms with Gasteiger partial charge < -0.3 is 14.6 Å². The average molecular weight is 549 g/mol. The van der Waals surface area contributed by atoms with Gasteiger partial charge in [-0.05, 0) is 44.9 Å². The number of rotatable bonds is 28. The van der Waals surface area contributed by atoms with E-state index in [1.54, 1.807) is 0 Å². The van der Waals surface area contributed by atoms with Crippen LogP contribution in [-0.4, -0.2) is 36.4 Å². The molecule has 0 rings (SSSR count). The summed E-state index contributed by atoms with van der Waals surface area (Å²) in [6.07, 6.45) is 34.8. The van der Waals surface area contributed by atoms with Crippen LogP contribution < -0.4 is 0 Å². The van der Waals surface area contributed by atoms with Gasteiger partial charge in [-0.3, -0.25) is 9.59 Å². The Balaban J connectivity index is 3.63. The molecule has 0 radical (unpaired) electrons. The molecule has 1 N–H and O–H groups in total. The van der Waals surface area contributed by atoms with Crippen LogP contribution in [0.25, 0.3) is 0 Å². The van der Waals surface area contributed by atoms with E-state index in [1.807, 2.05) is 0 Å². The highest BCUT2D eigenvalue weighted by Gasteiger charge is 2.16. The van der Waals surface area contributed by atoms with Gasteiger partial charge in [0, 0.05) is 12.8 Å². The molecule has 0 aromatic rings. The van der Waals surface area contributed by atoms with Crippen molar-refractivity contribution in [2.24, 2.45) is 0 Å². The van der Waals surface area contributed by atoms with Crippen molar-refractivity contribution in [3.8, 4) is 0 Å². The van der Waals surface area contributed by atoms with Crippen molar-refractivity contribution in [3.05, 3.63) is 36.5 Å². The molecule has 1 atom stereocenters. The number of hydrogen-bond donors (Lipinski definition) is 1. The van der Waals surface area contributed by atoms with Gasteiger partial charge in [0.05, 0.1) is 6.61 Å². The second-order valence-electron chi connectivity index (χ2n) is 10.5.